The first-order valence-electron chi connectivity index (χ1n) is 7.73. The van der Waals surface area contributed by atoms with E-state index in [0.717, 1.165) is 18.4 Å². The van der Waals surface area contributed by atoms with Crippen LogP contribution >= 0.6 is 0 Å². The molecule has 1 aliphatic rings. The smallest absolute Gasteiger partial charge is 0.258 e. The fourth-order valence-corrected chi connectivity index (χ4v) is 4.12. The summed E-state index contributed by atoms with van der Waals surface area (Å²) in [5.74, 6) is 0.139. The summed E-state index contributed by atoms with van der Waals surface area (Å²) in [6, 6.07) is 14.9. The SMILES string of the molecule is O=[N+]([O-])c1ccc(CS(=O)(=O)NC(c2ccccc2)C2CC2)cc1. The largest absolute Gasteiger partial charge is 0.269 e. The highest BCUT2D eigenvalue weighted by atomic mass is 32.2. The fourth-order valence-electron chi connectivity index (χ4n) is 2.69. The minimum absolute atomic E-state index is 0.0516. The third-order valence-corrected chi connectivity index (χ3v) is 5.39. The van der Waals surface area contributed by atoms with Gasteiger partial charge in [-0.1, -0.05) is 42.5 Å². The van der Waals surface area contributed by atoms with Gasteiger partial charge in [-0.2, -0.15) is 0 Å². The predicted molar refractivity (Wildman–Crippen MR) is 90.8 cm³/mol. The molecule has 1 fully saturated rings. The molecule has 1 unspecified atom stereocenters. The van der Waals surface area contributed by atoms with Crippen LogP contribution in [0.15, 0.2) is 54.6 Å². The van der Waals surface area contributed by atoms with Gasteiger partial charge in [0.1, 0.15) is 0 Å². The molecule has 24 heavy (non-hydrogen) atoms. The minimum atomic E-state index is -3.54. The maximum absolute atomic E-state index is 12.5. The van der Waals surface area contributed by atoms with E-state index in [1.54, 1.807) is 0 Å². The van der Waals surface area contributed by atoms with E-state index in [4.69, 9.17) is 0 Å². The van der Waals surface area contributed by atoms with Crippen LogP contribution in [0.5, 0.6) is 0 Å². The van der Waals surface area contributed by atoms with Crippen molar-refractivity contribution in [3.63, 3.8) is 0 Å². The summed E-state index contributed by atoms with van der Waals surface area (Å²) in [6.45, 7) is 0. The Morgan fingerprint density at radius 2 is 1.71 bits per heavy atom. The van der Waals surface area contributed by atoms with Crippen LogP contribution in [0, 0.1) is 16.0 Å². The van der Waals surface area contributed by atoms with E-state index in [2.05, 4.69) is 4.72 Å². The number of non-ortho nitro benzene ring substituents is 1. The molecule has 0 spiro atoms. The van der Waals surface area contributed by atoms with Gasteiger partial charge >= 0.3 is 0 Å². The van der Waals surface area contributed by atoms with Crippen molar-refractivity contribution in [3.8, 4) is 0 Å². The lowest BCUT2D eigenvalue weighted by atomic mass is 10.0. The van der Waals surface area contributed by atoms with Gasteiger partial charge < -0.3 is 0 Å². The number of nitrogens with one attached hydrogen (secondary N) is 1. The molecule has 1 aliphatic carbocycles. The molecule has 0 aliphatic heterocycles. The Labute approximate surface area is 140 Å². The number of rotatable bonds is 7. The molecule has 0 heterocycles. The van der Waals surface area contributed by atoms with Crippen LogP contribution in [0.4, 0.5) is 5.69 Å². The van der Waals surface area contributed by atoms with Crippen molar-refractivity contribution in [2.24, 2.45) is 5.92 Å². The molecule has 3 rings (SSSR count). The van der Waals surface area contributed by atoms with Gasteiger partial charge in [0.15, 0.2) is 0 Å². The van der Waals surface area contributed by atoms with Gasteiger partial charge in [0.05, 0.1) is 10.7 Å². The van der Waals surface area contributed by atoms with Crippen LogP contribution in [-0.4, -0.2) is 13.3 Å². The summed E-state index contributed by atoms with van der Waals surface area (Å²) in [5.41, 5.74) is 1.44. The Morgan fingerprint density at radius 3 is 2.25 bits per heavy atom. The minimum Gasteiger partial charge on any atom is -0.258 e. The van der Waals surface area contributed by atoms with Gasteiger partial charge in [0.2, 0.25) is 10.0 Å². The van der Waals surface area contributed by atoms with Crippen molar-refractivity contribution < 1.29 is 13.3 Å². The van der Waals surface area contributed by atoms with Crippen LogP contribution in [0.3, 0.4) is 0 Å². The summed E-state index contributed by atoms with van der Waals surface area (Å²) in [6.07, 6.45) is 2.03. The average Bonchev–Trinajstić information content (AvgIpc) is 3.38. The summed E-state index contributed by atoms with van der Waals surface area (Å²) >= 11 is 0. The van der Waals surface area contributed by atoms with Crippen molar-refractivity contribution >= 4 is 15.7 Å². The van der Waals surface area contributed by atoms with Gasteiger partial charge in [-0.15, -0.1) is 0 Å². The highest BCUT2D eigenvalue weighted by molar-refractivity contribution is 7.88. The zero-order valence-corrected chi connectivity index (χ0v) is 13.8. The van der Waals surface area contributed by atoms with Crippen LogP contribution < -0.4 is 4.72 Å². The third kappa shape index (κ3) is 4.18. The quantitative estimate of drug-likeness (QED) is 0.616. The standard InChI is InChI=1S/C17H18N2O4S/c20-19(21)16-10-6-13(7-11-16)12-24(22,23)18-17(15-8-9-15)14-4-2-1-3-5-14/h1-7,10-11,15,17-18H,8-9,12H2. The van der Waals surface area contributed by atoms with Crippen LogP contribution in [0.1, 0.15) is 30.0 Å². The van der Waals surface area contributed by atoms with Crippen molar-refractivity contribution in [2.75, 3.05) is 0 Å². The zero-order chi connectivity index (χ0) is 17.2. The number of hydrogen-bond acceptors (Lipinski definition) is 4. The van der Waals surface area contributed by atoms with Gasteiger partial charge in [0, 0.05) is 18.2 Å². The maximum Gasteiger partial charge on any atom is 0.269 e. The van der Waals surface area contributed by atoms with Crippen LogP contribution in [0.25, 0.3) is 0 Å². The lowest BCUT2D eigenvalue weighted by Gasteiger charge is -2.19. The van der Waals surface area contributed by atoms with E-state index >= 15 is 0 Å². The van der Waals surface area contributed by atoms with E-state index in [-0.39, 0.29) is 17.5 Å². The third-order valence-electron chi connectivity index (χ3n) is 4.06. The van der Waals surface area contributed by atoms with Gasteiger partial charge in [0.25, 0.3) is 5.69 Å². The Morgan fingerprint density at radius 1 is 1.08 bits per heavy atom. The molecule has 7 heteroatoms. The van der Waals surface area contributed by atoms with Gasteiger partial charge in [-0.25, -0.2) is 13.1 Å². The van der Waals surface area contributed by atoms with Crippen molar-refractivity contribution in [1.82, 2.24) is 4.72 Å². The first-order valence-corrected chi connectivity index (χ1v) is 9.38. The lowest BCUT2D eigenvalue weighted by molar-refractivity contribution is -0.384. The van der Waals surface area contributed by atoms with Crippen molar-refractivity contribution in [1.29, 1.82) is 0 Å². The summed E-state index contributed by atoms with van der Waals surface area (Å²) in [5, 5.41) is 10.7. The molecule has 126 valence electrons. The second kappa shape index (κ2) is 6.70. The number of hydrogen-bond donors (Lipinski definition) is 1. The Balaban J connectivity index is 1.73. The predicted octanol–water partition coefficient (Wildman–Crippen LogP) is 3.17. The topological polar surface area (TPSA) is 89.3 Å². The van der Waals surface area contributed by atoms with E-state index in [1.807, 2.05) is 30.3 Å². The second-order valence-electron chi connectivity index (χ2n) is 6.03. The lowest BCUT2D eigenvalue weighted by Crippen LogP contribution is -2.31. The zero-order valence-electron chi connectivity index (χ0n) is 13.0. The second-order valence-corrected chi connectivity index (χ2v) is 7.78. The number of nitro benzene ring substituents is 1. The monoisotopic (exact) mass is 346 g/mol. The van der Waals surface area contributed by atoms with E-state index in [0.29, 0.717) is 11.5 Å². The normalized spacial score (nSPS) is 15.8. The van der Waals surface area contributed by atoms with Gasteiger partial charge in [-0.3, -0.25) is 10.1 Å². The summed E-state index contributed by atoms with van der Waals surface area (Å²) in [4.78, 5) is 10.2. The molecule has 0 amide bonds. The molecule has 2 aromatic rings. The first-order chi connectivity index (χ1) is 11.4. The number of benzene rings is 2. The van der Waals surface area contributed by atoms with E-state index in [9.17, 15) is 18.5 Å². The highest BCUT2D eigenvalue weighted by Crippen LogP contribution is 2.41. The average molecular weight is 346 g/mol. The van der Waals surface area contributed by atoms with Crippen molar-refractivity contribution in [2.45, 2.75) is 24.6 Å². The first kappa shape index (κ1) is 16.6. The molecule has 0 saturated heterocycles. The molecular weight excluding hydrogens is 328 g/mol. The molecular formula is C17H18N2O4S. The molecule has 1 atom stereocenters. The van der Waals surface area contributed by atoms with Crippen LogP contribution in [-0.2, 0) is 15.8 Å². The highest BCUT2D eigenvalue weighted by Gasteiger charge is 2.34. The molecule has 1 saturated carbocycles. The maximum atomic E-state index is 12.5. The molecule has 0 bridgehead atoms. The fraction of sp³-hybridized carbons (Fsp3) is 0.294. The molecule has 0 radical (unpaired) electrons. The Hall–Kier alpha value is -2.25. The van der Waals surface area contributed by atoms with Crippen molar-refractivity contribution in [3.05, 3.63) is 75.8 Å². The number of nitrogens with zero attached hydrogens (tertiary/aromatic N) is 1. The Kier molecular flexibility index (Phi) is 4.64. The Bertz CT molecular complexity index is 815. The van der Waals surface area contributed by atoms with E-state index < -0.39 is 14.9 Å². The summed E-state index contributed by atoms with van der Waals surface area (Å²) < 4.78 is 27.8. The number of nitro groups is 1. The molecule has 6 nitrogen and oxygen atoms in total. The van der Waals surface area contributed by atoms with Crippen LogP contribution in [0.2, 0.25) is 0 Å². The van der Waals surface area contributed by atoms with Gasteiger partial charge in [-0.05, 0) is 29.9 Å². The molecule has 2 aromatic carbocycles. The number of sulfonamides is 1. The summed E-state index contributed by atoms with van der Waals surface area (Å²) in [7, 11) is -3.54. The molecule has 1 N–H and O–H groups in total. The van der Waals surface area contributed by atoms with E-state index in [1.165, 1.54) is 24.3 Å². The molecule has 0 aromatic heterocycles.